The molecule has 0 aliphatic heterocycles. The molecule has 0 bridgehead atoms. The van der Waals surface area contributed by atoms with Gasteiger partial charge in [-0.1, -0.05) is 6.92 Å². The number of benzene rings is 1. The third-order valence-corrected chi connectivity index (χ3v) is 3.29. The monoisotopic (exact) mass is 226 g/mol. The van der Waals surface area contributed by atoms with Crippen LogP contribution >= 0.6 is 0 Å². The third kappa shape index (κ3) is 2.46. The van der Waals surface area contributed by atoms with E-state index in [4.69, 9.17) is 5.26 Å². The summed E-state index contributed by atoms with van der Waals surface area (Å²) in [5, 5.41) is 18.0. The van der Waals surface area contributed by atoms with E-state index in [2.05, 4.69) is 4.72 Å². The number of nitrogens with zero attached hydrogens (tertiary/aromatic N) is 1. The van der Waals surface area contributed by atoms with Crippen LogP contribution in [0.15, 0.2) is 23.1 Å². The van der Waals surface area contributed by atoms with Crippen molar-refractivity contribution in [2.75, 3.05) is 6.54 Å². The van der Waals surface area contributed by atoms with Crippen LogP contribution in [0.5, 0.6) is 5.75 Å². The number of hydrogen-bond donors (Lipinski definition) is 2. The molecule has 0 saturated carbocycles. The van der Waals surface area contributed by atoms with Crippen molar-refractivity contribution in [2.24, 2.45) is 0 Å². The summed E-state index contributed by atoms with van der Waals surface area (Å²) in [6.07, 6.45) is 0. The second-order valence-electron chi connectivity index (χ2n) is 2.80. The SMILES string of the molecule is CCNS(=O)(=O)c1cc(C#N)ccc1O. The number of aromatic hydroxyl groups is 1. The van der Waals surface area contributed by atoms with Gasteiger partial charge in [-0.3, -0.25) is 0 Å². The van der Waals surface area contributed by atoms with E-state index >= 15 is 0 Å². The molecule has 1 rings (SSSR count). The molecule has 0 aliphatic rings. The molecule has 0 aromatic heterocycles. The highest BCUT2D eigenvalue weighted by Crippen LogP contribution is 2.22. The summed E-state index contributed by atoms with van der Waals surface area (Å²) in [6, 6.07) is 5.47. The Bertz CT molecular complexity index is 503. The maximum Gasteiger partial charge on any atom is 0.244 e. The van der Waals surface area contributed by atoms with Gasteiger partial charge in [-0.2, -0.15) is 5.26 Å². The van der Waals surface area contributed by atoms with E-state index in [1.807, 2.05) is 0 Å². The number of phenolic OH excluding ortho intramolecular Hbond substituents is 1. The minimum Gasteiger partial charge on any atom is -0.507 e. The van der Waals surface area contributed by atoms with Crippen LogP contribution in [0.4, 0.5) is 0 Å². The highest BCUT2D eigenvalue weighted by molar-refractivity contribution is 7.89. The molecule has 2 N–H and O–H groups in total. The molecule has 0 atom stereocenters. The van der Waals surface area contributed by atoms with E-state index in [-0.39, 0.29) is 22.8 Å². The summed E-state index contributed by atoms with van der Waals surface area (Å²) >= 11 is 0. The number of nitriles is 1. The van der Waals surface area contributed by atoms with Crippen molar-refractivity contribution in [1.82, 2.24) is 4.72 Å². The molecule has 0 spiro atoms. The van der Waals surface area contributed by atoms with Crippen LogP contribution in [0.1, 0.15) is 12.5 Å². The topological polar surface area (TPSA) is 90.2 Å². The summed E-state index contributed by atoms with van der Waals surface area (Å²) in [4.78, 5) is -0.275. The molecule has 0 amide bonds. The fourth-order valence-corrected chi connectivity index (χ4v) is 2.23. The molecule has 5 nitrogen and oxygen atoms in total. The molecule has 15 heavy (non-hydrogen) atoms. The van der Waals surface area contributed by atoms with Crippen LogP contribution in [-0.4, -0.2) is 20.1 Å². The van der Waals surface area contributed by atoms with Gasteiger partial charge in [0.2, 0.25) is 10.0 Å². The average molecular weight is 226 g/mol. The lowest BCUT2D eigenvalue weighted by Crippen LogP contribution is -2.23. The maximum atomic E-state index is 11.5. The van der Waals surface area contributed by atoms with Crippen molar-refractivity contribution in [3.05, 3.63) is 23.8 Å². The number of nitrogens with one attached hydrogen (secondary N) is 1. The van der Waals surface area contributed by atoms with E-state index in [1.54, 1.807) is 13.0 Å². The molecule has 0 heterocycles. The zero-order valence-corrected chi connectivity index (χ0v) is 8.87. The van der Waals surface area contributed by atoms with E-state index in [9.17, 15) is 13.5 Å². The molecule has 0 radical (unpaired) electrons. The van der Waals surface area contributed by atoms with Gasteiger partial charge in [0.15, 0.2) is 0 Å². The number of rotatable bonds is 3. The molecule has 0 unspecified atom stereocenters. The predicted octanol–water partition coefficient (Wildman–Crippen LogP) is 0.562. The van der Waals surface area contributed by atoms with Crippen LogP contribution in [0.2, 0.25) is 0 Å². The van der Waals surface area contributed by atoms with Gasteiger partial charge in [0.1, 0.15) is 10.6 Å². The number of phenols is 1. The van der Waals surface area contributed by atoms with Gasteiger partial charge in [0.05, 0.1) is 11.6 Å². The quantitative estimate of drug-likeness (QED) is 0.788. The Morgan fingerprint density at radius 3 is 2.73 bits per heavy atom. The molecular weight excluding hydrogens is 216 g/mol. The normalized spacial score (nSPS) is 10.9. The molecular formula is C9H10N2O3S. The third-order valence-electron chi connectivity index (χ3n) is 1.71. The first-order valence-corrected chi connectivity index (χ1v) is 5.72. The van der Waals surface area contributed by atoms with Crippen LogP contribution in [0.25, 0.3) is 0 Å². The van der Waals surface area contributed by atoms with Gasteiger partial charge in [-0.05, 0) is 18.2 Å². The first kappa shape index (κ1) is 11.5. The highest BCUT2D eigenvalue weighted by Gasteiger charge is 2.17. The number of hydrogen-bond acceptors (Lipinski definition) is 4. The average Bonchev–Trinajstić information content (AvgIpc) is 2.18. The van der Waals surface area contributed by atoms with Gasteiger partial charge in [0, 0.05) is 6.54 Å². The van der Waals surface area contributed by atoms with Crippen molar-refractivity contribution < 1.29 is 13.5 Å². The summed E-state index contributed by atoms with van der Waals surface area (Å²) in [7, 11) is -3.72. The van der Waals surface area contributed by atoms with Crippen molar-refractivity contribution in [3.63, 3.8) is 0 Å². The number of sulfonamides is 1. The molecule has 1 aromatic rings. The van der Waals surface area contributed by atoms with Gasteiger partial charge in [-0.25, -0.2) is 13.1 Å². The van der Waals surface area contributed by atoms with Crippen molar-refractivity contribution in [1.29, 1.82) is 5.26 Å². The van der Waals surface area contributed by atoms with E-state index in [1.165, 1.54) is 12.1 Å². The summed E-state index contributed by atoms with van der Waals surface area (Å²) in [5.74, 6) is -0.366. The first-order chi connectivity index (χ1) is 7.01. The Kier molecular flexibility index (Phi) is 3.29. The highest BCUT2D eigenvalue weighted by atomic mass is 32.2. The van der Waals surface area contributed by atoms with Gasteiger partial charge in [-0.15, -0.1) is 0 Å². The van der Waals surface area contributed by atoms with E-state index in [0.29, 0.717) is 0 Å². The second kappa shape index (κ2) is 4.29. The van der Waals surface area contributed by atoms with Crippen molar-refractivity contribution in [3.8, 4) is 11.8 Å². The minimum atomic E-state index is -3.72. The maximum absolute atomic E-state index is 11.5. The molecule has 0 fully saturated rings. The smallest absolute Gasteiger partial charge is 0.244 e. The van der Waals surface area contributed by atoms with Crippen LogP contribution in [0, 0.1) is 11.3 Å². The van der Waals surface area contributed by atoms with Gasteiger partial charge < -0.3 is 5.11 Å². The summed E-state index contributed by atoms with van der Waals surface area (Å²) in [6.45, 7) is 1.85. The largest absolute Gasteiger partial charge is 0.507 e. The van der Waals surface area contributed by atoms with E-state index in [0.717, 1.165) is 6.07 Å². The van der Waals surface area contributed by atoms with Crippen molar-refractivity contribution >= 4 is 10.0 Å². The Morgan fingerprint density at radius 2 is 2.20 bits per heavy atom. The molecule has 1 aromatic carbocycles. The van der Waals surface area contributed by atoms with Crippen molar-refractivity contribution in [2.45, 2.75) is 11.8 Å². The van der Waals surface area contributed by atoms with Gasteiger partial charge >= 0.3 is 0 Å². The molecule has 6 heteroatoms. The van der Waals surface area contributed by atoms with E-state index < -0.39 is 10.0 Å². The van der Waals surface area contributed by atoms with Gasteiger partial charge in [0.25, 0.3) is 0 Å². The Morgan fingerprint density at radius 1 is 1.53 bits per heavy atom. The fraction of sp³-hybridized carbons (Fsp3) is 0.222. The van der Waals surface area contributed by atoms with Crippen LogP contribution < -0.4 is 4.72 Å². The fourth-order valence-electron chi connectivity index (χ4n) is 1.07. The second-order valence-corrected chi connectivity index (χ2v) is 4.53. The lowest BCUT2D eigenvalue weighted by atomic mass is 10.2. The minimum absolute atomic E-state index is 0.185. The molecule has 0 saturated heterocycles. The zero-order valence-electron chi connectivity index (χ0n) is 8.06. The summed E-state index contributed by atoms with van der Waals surface area (Å²) in [5.41, 5.74) is 0.185. The zero-order chi connectivity index (χ0) is 11.5. The van der Waals surface area contributed by atoms with Crippen LogP contribution in [-0.2, 0) is 10.0 Å². The Balaban J connectivity index is 3.31. The lowest BCUT2D eigenvalue weighted by Gasteiger charge is -2.06. The first-order valence-electron chi connectivity index (χ1n) is 4.24. The molecule has 80 valence electrons. The molecule has 0 aliphatic carbocycles. The predicted molar refractivity (Wildman–Crippen MR) is 53.7 cm³/mol. The standard InChI is InChI=1S/C9H10N2O3S/c1-2-11-15(13,14)9-5-7(6-10)3-4-8(9)12/h3-5,11-12H,2H2,1H3. The Labute approximate surface area is 88.0 Å². The Hall–Kier alpha value is -1.58. The summed E-state index contributed by atoms with van der Waals surface area (Å²) < 4.78 is 25.3. The van der Waals surface area contributed by atoms with Crippen LogP contribution in [0.3, 0.4) is 0 Å². The lowest BCUT2D eigenvalue weighted by molar-refractivity contribution is 0.458.